The Labute approximate surface area is 160 Å². The molecule has 0 atom stereocenters. The monoisotopic (exact) mass is 357 g/mol. The zero-order valence-electron chi connectivity index (χ0n) is 15.7. The molecule has 0 bridgehead atoms. The van der Waals surface area contributed by atoms with Gasteiger partial charge in [0.25, 0.3) is 5.91 Å². The summed E-state index contributed by atoms with van der Waals surface area (Å²) in [6.45, 7) is 5.24. The zero-order chi connectivity index (χ0) is 18.8. The van der Waals surface area contributed by atoms with Gasteiger partial charge in [0.15, 0.2) is 0 Å². The maximum Gasteiger partial charge on any atom is 0.252 e. The standard InChI is InChI=1S/C24H23NO2/c1-16-4-3-5-17(2)23(16)24(26)25-15-18-6-8-19(9-7-18)20-10-11-22-21(14-20)12-13-27-22/h3-11,14H,12-13,15H2,1-2H3,(H,25,26). The van der Waals surface area contributed by atoms with E-state index in [4.69, 9.17) is 4.74 Å². The minimum Gasteiger partial charge on any atom is -0.493 e. The molecule has 0 aromatic heterocycles. The molecule has 136 valence electrons. The van der Waals surface area contributed by atoms with Gasteiger partial charge in [-0.2, -0.15) is 0 Å². The van der Waals surface area contributed by atoms with Crippen LogP contribution in [0.25, 0.3) is 11.1 Å². The van der Waals surface area contributed by atoms with Crippen LogP contribution >= 0.6 is 0 Å². The van der Waals surface area contributed by atoms with Crippen molar-refractivity contribution in [3.05, 3.63) is 88.5 Å². The molecule has 0 spiro atoms. The fourth-order valence-corrected chi connectivity index (χ4v) is 3.62. The first-order valence-electron chi connectivity index (χ1n) is 9.31. The number of aryl methyl sites for hydroxylation is 2. The normalized spacial score (nSPS) is 12.4. The van der Waals surface area contributed by atoms with E-state index in [9.17, 15) is 4.79 Å². The summed E-state index contributed by atoms with van der Waals surface area (Å²) in [5, 5.41) is 3.03. The quantitative estimate of drug-likeness (QED) is 0.726. The molecule has 3 aromatic rings. The highest BCUT2D eigenvalue weighted by Crippen LogP contribution is 2.30. The lowest BCUT2D eigenvalue weighted by molar-refractivity contribution is 0.0949. The van der Waals surface area contributed by atoms with Gasteiger partial charge in [0.2, 0.25) is 0 Å². The lowest BCUT2D eigenvalue weighted by Crippen LogP contribution is -2.24. The highest BCUT2D eigenvalue weighted by Gasteiger charge is 2.13. The van der Waals surface area contributed by atoms with Gasteiger partial charge in [0, 0.05) is 18.5 Å². The molecule has 3 aromatic carbocycles. The topological polar surface area (TPSA) is 38.3 Å². The van der Waals surface area contributed by atoms with Gasteiger partial charge in [-0.05, 0) is 59.4 Å². The third kappa shape index (κ3) is 3.59. The molecule has 3 nitrogen and oxygen atoms in total. The summed E-state index contributed by atoms with van der Waals surface area (Å²) in [6.07, 6.45) is 0.978. The van der Waals surface area contributed by atoms with Crippen LogP contribution in [0, 0.1) is 13.8 Å². The van der Waals surface area contributed by atoms with E-state index in [0.29, 0.717) is 6.54 Å². The minimum atomic E-state index is -0.0201. The van der Waals surface area contributed by atoms with Crippen molar-refractivity contribution in [1.29, 1.82) is 0 Å². The second-order valence-corrected chi connectivity index (χ2v) is 7.07. The summed E-state index contributed by atoms with van der Waals surface area (Å²) in [6, 6.07) is 20.6. The van der Waals surface area contributed by atoms with E-state index in [2.05, 4.69) is 47.8 Å². The molecule has 3 heteroatoms. The molecule has 0 saturated heterocycles. The van der Waals surface area contributed by atoms with Gasteiger partial charge < -0.3 is 10.1 Å². The van der Waals surface area contributed by atoms with Crippen molar-refractivity contribution in [1.82, 2.24) is 5.32 Å². The second-order valence-electron chi connectivity index (χ2n) is 7.07. The van der Waals surface area contributed by atoms with E-state index in [0.717, 1.165) is 41.0 Å². The molecule has 4 rings (SSSR count). The summed E-state index contributed by atoms with van der Waals surface area (Å²) < 4.78 is 5.58. The van der Waals surface area contributed by atoms with Crippen molar-refractivity contribution >= 4 is 5.91 Å². The molecular formula is C24H23NO2. The van der Waals surface area contributed by atoms with Crippen molar-refractivity contribution in [2.24, 2.45) is 0 Å². The van der Waals surface area contributed by atoms with Crippen molar-refractivity contribution in [2.45, 2.75) is 26.8 Å². The van der Waals surface area contributed by atoms with Gasteiger partial charge in [-0.1, -0.05) is 48.5 Å². The van der Waals surface area contributed by atoms with Gasteiger partial charge in [0.1, 0.15) is 5.75 Å². The number of benzene rings is 3. The molecule has 1 heterocycles. The van der Waals surface area contributed by atoms with E-state index >= 15 is 0 Å². The Kier molecular flexibility index (Phi) is 4.68. The predicted molar refractivity (Wildman–Crippen MR) is 108 cm³/mol. The number of hydrogen-bond donors (Lipinski definition) is 1. The van der Waals surface area contributed by atoms with E-state index in [1.54, 1.807) is 0 Å². The number of hydrogen-bond acceptors (Lipinski definition) is 2. The molecule has 27 heavy (non-hydrogen) atoms. The Morgan fingerprint density at radius 1 is 0.963 bits per heavy atom. The van der Waals surface area contributed by atoms with Crippen LogP contribution in [-0.4, -0.2) is 12.5 Å². The van der Waals surface area contributed by atoms with Crippen molar-refractivity contribution in [3.8, 4) is 16.9 Å². The van der Waals surface area contributed by atoms with Gasteiger partial charge in [-0.25, -0.2) is 0 Å². The summed E-state index contributed by atoms with van der Waals surface area (Å²) >= 11 is 0. The fraction of sp³-hybridized carbons (Fsp3) is 0.208. The number of ether oxygens (including phenoxy) is 1. The highest BCUT2D eigenvalue weighted by molar-refractivity contribution is 5.97. The Hall–Kier alpha value is -3.07. The van der Waals surface area contributed by atoms with Crippen molar-refractivity contribution in [2.75, 3.05) is 6.61 Å². The lowest BCUT2D eigenvalue weighted by atomic mass is 10.0. The van der Waals surface area contributed by atoms with Crippen LogP contribution in [0.15, 0.2) is 60.7 Å². The van der Waals surface area contributed by atoms with E-state index in [1.165, 1.54) is 16.7 Å². The van der Waals surface area contributed by atoms with Crippen LogP contribution in [0.5, 0.6) is 5.75 Å². The average Bonchev–Trinajstić information content (AvgIpc) is 3.14. The molecule has 1 N–H and O–H groups in total. The van der Waals surface area contributed by atoms with Crippen LogP contribution in [0.1, 0.15) is 32.6 Å². The first-order valence-corrected chi connectivity index (χ1v) is 9.31. The third-order valence-corrected chi connectivity index (χ3v) is 5.14. The molecule has 0 unspecified atom stereocenters. The van der Waals surface area contributed by atoms with Crippen molar-refractivity contribution in [3.63, 3.8) is 0 Å². The first-order chi connectivity index (χ1) is 13.1. The molecule has 1 aliphatic rings. The number of fused-ring (bicyclic) bond motifs is 1. The smallest absolute Gasteiger partial charge is 0.252 e. The largest absolute Gasteiger partial charge is 0.493 e. The van der Waals surface area contributed by atoms with Crippen LogP contribution in [0.2, 0.25) is 0 Å². The number of rotatable bonds is 4. The minimum absolute atomic E-state index is 0.0201. The van der Waals surface area contributed by atoms with Gasteiger partial charge in [-0.15, -0.1) is 0 Å². The van der Waals surface area contributed by atoms with Gasteiger partial charge in [-0.3, -0.25) is 4.79 Å². The zero-order valence-corrected chi connectivity index (χ0v) is 15.7. The molecular weight excluding hydrogens is 334 g/mol. The van der Waals surface area contributed by atoms with Gasteiger partial charge in [0.05, 0.1) is 6.61 Å². The lowest BCUT2D eigenvalue weighted by Gasteiger charge is -2.11. The van der Waals surface area contributed by atoms with Crippen molar-refractivity contribution < 1.29 is 9.53 Å². The molecule has 1 amide bonds. The van der Waals surface area contributed by atoms with Crippen LogP contribution in [0.3, 0.4) is 0 Å². The van der Waals surface area contributed by atoms with Crippen LogP contribution in [0.4, 0.5) is 0 Å². The molecule has 0 aliphatic carbocycles. The SMILES string of the molecule is Cc1cccc(C)c1C(=O)NCc1ccc(-c2ccc3c(c2)CCO3)cc1. The summed E-state index contributed by atoms with van der Waals surface area (Å²) in [5.74, 6) is 0.984. The Balaban J connectivity index is 1.45. The van der Waals surface area contributed by atoms with Crippen LogP contribution < -0.4 is 10.1 Å². The molecule has 0 radical (unpaired) electrons. The number of carbonyl (C=O) groups excluding carboxylic acids is 1. The van der Waals surface area contributed by atoms with Gasteiger partial charge >= 0.3 is 0 Å². The molecule has 1 aliphatic heterocycles. The Morgan fingerprint density at radius 3 is 2.41 bits per heavy atom. The van der Waals surface area contributed by atoms with E-state index < -0.39 is 0 Å². The highest BCUT2D eigenvalue weighted by atomic mass is 16.5. The summed E-state index contributed by atoms with van der Waals surface area (Å²) in [4.78, 5) is 12.5. The Morgan fingerprint density at radius 2 is 1.67 bits per heavy atom. The third-order valence-electron chi connectivity index (χ3n) is 5.14. The first kappa shape index (κ1) is 17.3. The number of nitrogens with one attached hydrogen (secondary N) is 1. The average molecular weight is 357 g/mol. The summed E-state index contributed by atoms with van der Waals surface area (Å²) in [7, 11) is 0. The predicted octanol–water partition coefficient (Wildman–Crippen LogP) is 4.84. The van der Waals surface area contributed by atoms with Crippen LogP contribution in [-0.2, 0) is 13.0 Å². The maximum atomic E-state index is 12.5. The fourth-order valence-electron chi connectivity index (χ4n) is 3.62. The molecule has 0 fully saturated rings. The summed E-state index contributed by atoms with van der Waals surface area (Å²) in [5.41, 5.74) is 7.52. The Bertz CT molecular complexity index is 970. The number of carbonyl (C=O) groups is 1. The maximum absolute atomic E-state index is 12.5. The number of amides is 1. The van der Waals surface area contributed by atoms with E-state index in [1.807, 2.05) is 32.0 Å². The molecule has 0 saturated carbocycles. The second kappa shape index (κ2) is 7.28. The van der Waals surface area contributed by atoms with E-state index in [-0.39, 0.29) is 5.91 Å².